The van der Waals surface area contributed by atoms with Crippen molar-refractivity contribution < 1.29 is 0 Å². The second kappa shape index (κ2) is 5.88. The van der Waals surface area contributed by atoms with Gasteiger partial charge in [-0.1, -0.05) is 13.8 Å². The molecule has 0 saturated heterocycles. The summed E-state index contributed by atoms with van der Waals surface area (Å²) in [6.07, 6.45) is 4.92. The highest BCUT2D eigenvalue weighted by atomic mass is 32.1. The van der Waals surface area contributed by atoms with E-state index >= 15 is 0 Å². The maximum Gasteiger partial charge on any atom is 0.280 e. The number of rotatable bonds is 4. The van der Waals surface area contributed by atoms with E-state index in [-0.39, 0.29) is 11.2 Å². The van der Waals surface area contributed by atoms with Crippen LogP contribution < -0.4 is 11.3 Å². The molecule has 0 unspecified atom stereocenters. The van der Waals surface area contributed by atoms with E-state index in [4.69, 9.17) is 5.73 Å². The van der Waals surface area contributed by atoms with E-state index < -0.39 is 0 Å². The lowest BCUT2D eigenvalue weighted by Gasteiger charge is -2.04. The monoisotopic (exact) mass is 314 g/mol. The summed E-state index contributed by atoms with van der Waals surface area (Å²) in [7, 11) is 0. The standard InChI is InChI=1S/C16H18N4OS/c1-10(2)13-9-22-15(19-13)4-3-11-5-6-20-14(7-11)18-8-12(17)16(20)21/h5-10H,3-4,17H2,1-2H3. The Morgan fingerprint density at radius 2 is 2.18 bits per heavy atom. The Hall–Kier alpha value is -2.21. The number of nitrogen functional groups attached to an aromatic ring is 1. The van der Waals surface area contributed by atoms with E-state index in [0.29, 0.717) is 11.6 Å². The van der Waals surface area contributed by atoms with Crippen LogP contribution in [-0.4, -0.2) is 14.4 Å². The molecule has 22 heavy (non-hydrogen) atoms. The zero-order valence-corrected chi connectivity index (χ0v) is 13.4. The molecule has 3 aromatic heterocycles. The summed E-state index contributed by atoms with van der Waals surface area (Å²) in [4.78, 5) is 20.7. The fourth-order valence-electron chi connectivity index (χ4n) is 2.24. The first-order valence-corrected chi connectivity index (χ1v) is 8.12. The third-order valence-electron chi connectivity index (χ3n) is 3.59. The van der Waals surface area contributed by atoms with Gasteiger partial charge in [-0.2, -0.15) is 0 Å². The summed E-state index contributed by atoms with van der Waals surface area (Å²) in [6, 6.07) is 3.87. The van der Waals surface area contributed by atoms with E-state index in [1.54, 1.807) is 17.5 Å². The SMILES string of the molecule is CC(C)c1csc(CCc2ccn3c(=O)c(N)cnc3c2)n1. The molecule has 0 aromatic carbocycles. The van der Waals surface area contributed by atoms with Gasteiger partial charge in [0.15, 0.2) is 0 Å². The average Bonchev–Trinajstić information content (AvgIpc) is 2.98. The third-order valence-corrected chi connectivity index (χ3v) is 4.52. The number of hydrogen-bond donors (Lipinski definition) is 1. The lowest BCUT2D eigenvalue weighted by atomic mass is 10.1. The van der Waals surface area contributed by atoms with Crippen molar-refractivity contribution in [3.05, 3.63) is 56.5 Å². The van der Waals surface area contributed by atoms with Gasteiger partial charge in [0, 0.05) is 18.0 Å². The van der Waals surface area contributed by atoms with Gasteiger partial charge in [0.2, 0.25) is 0 Å². The normalized spacial score (nSPS) is 11.4. The first-order chi connectivity index (χ1) is 10.5. The molecule has 0 aliphatic carbocycles. The van der Waals surface area contributed by atoms with Crippen molar-refractivity contribution in [3.8, 4) is 0 Å². The summed E-state index contributed by atoms with van der Waals surface area (Å²) >= 11 is 1.71. The molecule has 2 N–H and O–H groups in total. The topological polar surface area (TPSA) is 73.3 Å². The zero-order valence-electron chi connectivity index (χ0n) is 12.6. The van der Waals surface area contributed by atoms with Crippen LogP contribution in [0.3, 0.4) is 0 Å². The van der Waals surface area contributed by atoms with E-state index in [2.05, 4.69) is 29.2 Å². The number of aromatic nitrogens is 3. The van der Waals surface area contributed by atoms with Crippen molar-refractivity contribution in [1.29, 1.82) is 0 Å². The highest BCUT2D eigenvalue weighted by molar-refractivity contribution is 7.09. The number of fused-ring (bicyclic) bond motifs is 1. The molecule has 3 heterocycles. The van der Waals surface area contributed by atoms with Gasteiger partial charge in [0.1, 0.15) is 11.3 Å². The minimum atomic E-state index is -0.224. The Morgan fingerprint density at radius 1 is 1.36 bits per heavy atom. The van der Waals surface area contributed by atoms with E-state index in [0.717, 1.165) is 29.1 Å². The number of aryl methyl sites for hydroxylation is 2. The number of hydrogen-bond acceptors (Lipinski definition) is 5. The zero-order chi connectivity index (χ0) is 15.7. The van der Waals surface area contributed by atoms with Gasteiger partial charge in [-0.15, -0.1) is 11.3 Å². The maximum absolute atomic E-state index is 11.9. The van der Waals surface area contributed by atoms with E-state index in [1.807, 2.05) is 12.1 Å². The molecule has 0 radical (unpaired) electrons. The Bertz CT molecular complexity index is 866. The van der Waals surface area contributed by atoms with Crippen LogP contribution >= 0.6 is 11.3 Å². The molecule has 0 saturated carbocycles. The Balaban J connectivity index is 1.79. The summed E-state index contributed by atoms with van der Waals surface area (Å²) in [5.74, 6) is 0.465. The molecule has 3 rings (SSSR count). The lowest BCUT2D eigenvalue weighted by Crippen LogP contribution is -2.18. The third kappa shape index (κ3) is 2.87. The van der Waals surface area contributed by atoms with Crippen molar-refractivity contribution in [2.24, 2.45) is 0 Å². The molecule has 0 spiro atoms. The number of pyridine rings is 1. The summed E-state index contributed by atoms with van der Waals surface area (Å²) in [6.45, 7) is 4.30. The molecular weight excluding hydrogens is 296 g/mol. The van der Waals surface area contributed by atoms with Crippen molar-refractivity contribution in [2.75, 3.05) is 5.73 Å². The fraction of sp³-hybridized carbons (Fsp3) is 0.312. The van der Waals surface area contributed by atoms with Crippen LogP contribution in [0.4, 0.5) is 5.69 Å². The van der Waals surface area contributed by atoms with Gasteiger partial charge in [-0.05, 0) is 30.0 Å². The van der Waals surface area contributed by atoms with Gasteiger partial charge >= 0.3 is 0 Å². The van der Waals surface area contributed by atoms with Crippen molar-refractivity contribution in [3.63, 3.8) is 0 Å². The second-order valence-corrected chi connectivity index (χ2v) is 6.55. The van der Waals surface area contributed by atoms with Gasteiger partial charge in [0.25, 0.3) is 5.56 Å². The summed E-state index contributed by atoms with van der Waals surface area (Å²) in [5, 5.41) is 3.27. The Labute approximate surface area is 132 Å². The molecule has 0 fully saturated rings. The second-order valence-electron chi connectivity index (χ2n) is 5.60. The van der Waals surface area contributed by atoms with Crippen LogP contribution in [0.25, 0.3) is 5.65 Å². The highest BCUT2D eigenvalue weighted by Crippen LogP contribution is 2.19. The number of anilines is 1. The number of nitrogens with zero attached hydrogens (tertiary/aromatic N) is 3. The van der Waals surface area contributed by atoms with Gasteiger partial charge in [-0.3, -0.25) is 9.20 Å². The van der Waals surface area contributed by atoms with E-state index in [1.165, 1.54) is 10.6 Å². The van der Waals surface area contributed by atoms with Crippen molar-refractivity contribution in [2.45, 2.75) is 32.6 Å². The van der Waals surface area contributed by atoms with Crippen LogP contribution in [0.2, 0.25) is 0 Å². The molecule has 0 aliphatic rings. The maximum atomic E-state index is 11.9. The minimum absolute atomic E-state index is 0.161. The largest absolute Gasteiger partial charge is 0.393 e. The predicted molar refractivity (Wildman–Crippen MR) is 89.5 cm³/mol. The van der Waals surface area contributed by atoms with Crippen LogP contribution in [0.1, 0.15) is 36.0 Å². The quantitative estimate of drug-likeness (QED) is 0.803. The van der Waals surface area contributed by atoms with Crippen LogP contribution in [0, 0.1) is 0 Å². The lowest BCUT2D eigenvalue weighted by molar-refractivity contribution is 0.816. The van der Waals surface area contributed by atoms with Crippen LogP contribution in [-0.2, 0) is 12.8 Å². The molecule has 6 heteroatoms. The first kappa shape index (κ1) is 14.7. The Kier molecular flexibility index (Phi) is 3.94. The minimum Gasteiger partial charge on any atom is -0.393 e. The van der Waals surface area contributed by atoms with E-state index in [9.17, 15) is 4.79 Å². The van der Waals surface area contributed by atoms with Crippen molar-refractivity contribution >= 4 is 22.7 Å². The summed E-state index contributed by atoms with van der Waals surface area (Å²) in [5.41, 5.74) is 8.44. The van der Waals surface area contributed by atoms with Gasteiger partial charge in [-0.25, -0.2) is 9.97 Å². The molecule has 114 valence electrons. The number of nitrogens with two attached hydrogens (primary N) is 1. The molecule has 0 aliphatic heterocycles. The highest BCUT2D eigenvalue weighted by Gasteiger charge is 2.07. The smallest absolute Gasteiger partial charge is 0.280 e. The van der Waals surface area contributed by atoms with Crippen molar-refractivity contribution in [1.82, 2.24) is 14.4 Å². The predicted octanol–water partition coefficient (Wildman–Crippen LogP) is 2.64. The first-order valence-electron chi connectivity index (χ1n) is 7.24. The van der Waals surface area contributed by atoms with Crippen LogP contribution in [0.15, 0.2) is 34.7 Å². The average molecular weight is 314 g/mol. The molecule has 0 amide bonds. The molecule has 3 aromatic rings. The molecule has 0 atom stereocenters. The fourth-order valence-corrected chi connectivity index (χ4v) is 3.20. The molecule has 5 nitrogen and oxygen atoms in total. The number of thiazole rings is 1. The molecular formula is C16H18N4OS. The van der Waals surface area contributed by atoms with Gasteiger partial charge < -0.3 is 5.73 Å². The Morgan fingerprint density at radius 3 is 2.91 bits per heavy atom. The summed E-state index contributed by atoms with van der Waals surface area (Å²) < 4.78 is 1.47. The van der Waals surface area contributed by atoms with Gasteiger partial charge in [0.05, 0.1) is 16.9 Å². The molecule has 0 bridgehead atoms. The van der Waals surface area contributed by atoms with Crippen LogP contribution in [0.5, 0.6) is 0 Å².